The maximum atomic E-state index is 13.0. The van der Waals surface area contributed by atoms with E-state index in [0.29, 0.717) is 36.2 Å². The molecule has 200 valence electrons. The molecule has 0 aromatic rings. The Balaban J connectivity index is 1.66. The van der Waals surface area contributed by atoms with Crippen LogP contribution in [0.1, 0.15) is 120 Å². The Hall–Kier alpha value is -0.410. The molecule has 5 aliphatic carbocycles. The number of ketones is 1. The molecule has 2 N–H and O–H groups in total. The number of aliphatic hydroxyl groups is 2. The average Bonchev–Trinajstić information content (AvgIpc) is 2.79. The van der Waals surface area contributed by atoms with E-state index in [-0.39, 0.29) is 44.2 Å². The minimum atomic E-state index is -0.830. The normalized spacial score (nSPS) is 59.6. The van der Waals surface area contributed by atoms with Gasteiger partial charge in [0, 0.05) is 12.5 Å². The minimum Gasteiger partial charge on any atom is -0.396 e. The maximum Gasteiger partial charge on any atom is 0.164 e. The zero-order chi connectivity index (χ0) is 26.0. The first-order valence-electron chi connectivity index (χ1n) is 14.8. The standard InChI is InChI=1S/C32H54O3/c1-20-25(35)24(34)18-32(9)27(20,4)12-14-29(6)30(32,7)15-13-28(5)23-17-26(2,3)11-10-22(23)21(19-33)16-31(28,29)8/h20-24,33-34H,10-19H2,1-9H3/t20-,21+,22+,23-,24+,27+,28-,29-,30+,31-,32+/m0/s1. The summed E-state index contributed by atoms with van der Waals surface area (Å²) in [5.41, 5.74) is 0.715. The second kappa shape index (κ2) is 7.37. The quantitative estimate of drug-likeness (QED) is 0.418. The highest BCUT2D eigenvalue weighted by atomic mass is 16.3. The van der Waals surface area contributed by atoms with E-state index in [2.05, 4.69) is 62.3 Å². The highest BCUT2D eigenvalue weighted by Gasteiger charge is 2.78. The van der Waals surface area contributed by atoms with Gasteiger partial charge in [0.1, 0.15) is 6.10 Å². The zero-order valence-corrected chi connectivity index (χ0v) is 24.3. The van der Waals surface area contributed by atoms with Crippen LogP contribution in [0, 0.1) is 61.6 Å². The lowest BCUT2D eigenvalue weighted by atomic mass is 9.23. The van der Waals surface area contributed by atoms with E-state index < -0.39 is 6.10 Å². The van der Waals surface area contributed by atoms with Crippen molar-refractivity contribution in [2.24, 2.45) is 61.6 Å². The summed E-state index contributed by atoms with van der Waals surface area (Å²) in [7, 11) is 0. The van der Waals surface area contributed by atoms with Gasteiger partial charge in [-0.05, 0) is 113 Å². The van der Waals surface area contributed by atoms with Crippen LogP contribution in [-0.2, 0) is 4.79 Å². The molecule has 0 aromatic heterocycles. The van der Waals surface area contributed by atoms with E-state index >= 15 is 0 Å². The SMILES string of the molecule is C[C@H]1C(=O)[C@H](O)C[C@@]2(C)[C@]3(C)CC[C@@]4(C)[C@H]5CC(C)(C)CC[C@@H]5[C@@H](CO)C[C@]4(C)[C@@]3(C)CC[C@]12C. The predicted octanol–water partition coefficient (Wildman–Crippen LogP) is 7.04. The van der Waals surface area contributed by atoms with Crippen LogP contribution in [0.3, 0.4) is 0 Å². The van der Waals surface area contributed by atoms with Gasteiger partial charge in [-0.15, -0.1) is 0 Å². The van der Waals surface area contributed by atoms with E-state index in [1.54, 1.807) is 0 Å². The molecule has 0 amide bonds. The molecule has 0 heterocycles. The summed E-state index contributed by atoms with van der Waals surface area (Å²) in [6.45, 7) is 22.6. The summed E-state index contributed by atoms with van der Waals surface area (Å²) in [5.74, 6) is 1.68. The van der Waals surface area contributed by atoms with Crippen molar-refractivity contribution in [3.8, 4) is 0 Å². The van der Waals surface area contributed by atoms with Gasteiger partial charge < -0.3 is 10.2 Å². The topological polar surface area (TPSA) is 57.5 Å². The first kappa shape index (κ1) is 26.2. The van der Waals surface area contributed by atoms with Crippen LogP contribution in [0.4, 0.5) is 0 Å². The Labute approximate surface area is 215 Å². The van der Waals surface area contributed by atoms with Crippen LogP contribution < -0.4 is 0 Å². The molecule has 0 radical (unpaired) electrons. The smallest absolute Gasteiger partial charge is 0.164 e. The maximum absolute atomic E-state index is 13.0. The van der Waals surface area contributed by atoms with E-state index in [0.717, 1.165) is 19.3 Å². The molecular weight excluding hydrogens is 432 g/mol. The Kier molecular flexibility index (Phi) is 5.52. The van der Waals surface area contributed by atoms with E-state index in [1.807, 2.05) is 0 Å². The molecule has 5 fully saturated rings. The zero-order valence-electron chi connectivity index (χ0n) is 24.3. The fraction of sp³-hybridized carbons (Fsp3) is 0.969. The van der Waals surface area contributed by atoms with Crippen molar-refractivity contribution in [2.45, 2.75) is 126 Å². The first-order chi connectivity index (χ1) is 16.0. The van der Waals surface area contributed by atoms with E-state index in [1.165, 1.54) is 32.1 Å². The van der Waals surface area contributed by atoms with Crippen molar-refractivity contribution in [3.63, 3.8) is 0 Å². The lowest BCUT2D eigenvalue weighted by molar-refractivity contribution is -0.326. The Bertz CT molecular complexity index is 910. The lowest BCUT2D eigenvalue weighted by Crippen LogP contribution is -2.75. The van der Waals surface area contributed by atoms with Crippen molar-refractivity contribution < 1.29 is 15.0 Å². The Morgan fingerprint density at radius 2 is 1.29 bits per heavy atom. The molecule has 0 aliphatic heterocycles. The van der Waals surface area contributed by atoms with Crippen molar-refractivity contribution in [1.29, 1.82) is 0 Å². The van der Waals surface area contributed by atoms with Gasteiger partial charge in [-0.25, -0.2) is 0 Å². The molecule has 3 nitrogen and oxygen atoms in total. The number of rotatable bonds is 1. The van der Waals surface area contributed by atoms with Crippen LogP contribution in [-0.4, -0.2) is 28.7 Å². The fourth-order valence-corrected chi connectivity index (χ4v) is 12.2. The lowest BCUT2D eigenvalue weighted by Gasteiger charge is -2.81. The molecule has 0 unspecified atom stereocenters. The van der Waals surface area contributed by atoms with Crippen molar-refractivity contribution in [3.05, 3.63) is 0 Å². The summed E-state index contributed by atoms with van der Waals surface area (Å²) in [4.78, 5) is 13.0. The Morgan fingerprint density at radius 1 is 0.743 bits per heavy atom. The van der Waals surface area contributed by atoms with Crippen LogP contribution in [0.25, 0.3) is 0 Å². The largest absolute Gasteiger partial charge is 0.396 e. The molecule has 11 atom stereocenters. The number of aliphatic hydroxyl groups excluding tert-OH is 2. The van der Waals surface area contributed by atoms with Gasteiger partial charge in [0.25, 0.3) is 0 Å². The monoisotopic (exact) mass is 486 g/mol. The van der Waals surface area contributed by atoms with Crippen molar-refractivity contribution >= 4 is 5.78 Å². The number of Topliss-reactive ketones (excluding diaryl/α,β-unsaturated/α-hetero) is 1. The highest BCUT2D eigenvalue weighted by Crippen LogP contribution is 2.84. The number of carbonyl (C=O) groups is 1. The molecular formula is C32H54O3. The molecule has 5 saturated carbocycles. The van der Waals surface area contributed by atoms with Gasteiger partial charge in [-0.1, -0.05) is 62.3 Å². The highest BCUT2D eigenvalue weighted by molar-refractivity contribution is 5.87. The van der Waals surface area contributed by atoms with Crippen LogP contribution in [0.15, 0.2) is 0 Å². The predicted molar refractivity (Wildman–Crippen MR) is 142 cm³/mol. The third-order valence-electron chi connectivity index (χ3n) is 15.5. The molecule has 5 rings (SSSR count). The number of hydrogen-bond donors (Lipinski definition) is 2. The van der Waals surface area contributed by atoms with Gasteiger partial charge in [0.05, 0.1) is 0 Å². The summed E-state index contributed by atoms with van der Waals surface area (Å²) in [5, 5.41) is 21.7. The molecule has 5 aliphatic rings. The molecule has 35 heavy (non-hydrogen) atoms. The van der Waals surface area contributed by atoms with Crippen molar-refractivity contribution in [1.82, 2.24) is 0 Å². The molecule has 0 aromatic carbocycles. The van der Waals surface area contributed by atoms with Crippen molar-refractivity contribution in [2.75, 3.05) is 6.61 Å². The minimum absolute atomic E-state index is 0.0359. The van der Waals surface area contributed by atoms with Gasteiger partial charge in [-0.2, -0.15) is 0 Å². The van der Waals surface area contributed by atoms with Gasteiger partial charge in [0.2, 0.25) is 0 Å². The van der Waals surface area contributed by atoms with Gasteiger partial charge in [-0.3, -0.25) is 4.79 Å². The van der Waals surface area contributed by atoms with E-state index in [4.69, 9.17) is 0 Å². The van der Waals surface area contributed by atoms with Crippen LogP contribution in [0.2, 0.25) is 0 Å². The second-order valence-corrected chi connectivity index (χ2v) is 16.3. The van der Waals surface area contributed by atoms with E-state index in [9.17, 15) is 15.0 Å². The summed E-state index contributed by atoms with van der Waals surface area (Å²) in [6, 6.07) is 0. The third-order valence-corrected chi connectivity index (χ3v) is 15.5. The molecule has 0 bridgehead atoms. The molecule has 3 heteroatoms. The van der Waals surface area contributed by atoms with Crippen LogP contribution >= 0.6 is 0 Å². The summed E-state index contributed by atoms with van der Waals surface area (Å²) < 4.78 is 0. The van der Waals surface area contributed by atoms with Crippen LogP contribution in [0.5, 0.6) is 0 Å². The first-order valence-corrected chi connectivity index (χ1v) is 14.8. The van der Waals surface area contributed by atoms with Gasteiger partial charge in [0.15, 0.2) is 5.78 Å². The van der Waals surface area contributed by atoms with Gasteiger partial charge >= 0.3 is 0 Å². The summed E-state index contributed by atoms with van der Waals surface area (Å²) in [6.07, 6.45) is 9.36. The fourth-order valence-electron chi connectivity index (χ4n) is 12.2. The average molecular weight is 487 g/mol. The summed E-state index contributed by atoms with van der Waals surface area (Å²) >= 11 is 0. The third kappa shape index (κ3) is 2.79. The number of hydrogen-bond acceptors (Lipinski definition) is 3. The second-order valence-electron chi connectivity index (χ2n) is 16.3. The number of carbonyl (C=O) groups excluding carboxylic acids is 1. The Morgan fingerprint density at radius 3 is 1.86 bits per heavy atom. The molecule has 0 spiro atoms. The molecule has 0 saturated heterocycles. The number of fused-ring (bicyclic) bond motifs is 7.